The van der Waals surface area contributed by atoms with Gasteiger partial charge in [0.25, 0.3) is 11.8 Å². The number of benzene rings is 2. The average molecular weight is 407 g/mol. The van der Waals surface area contributed by atoms with E-state index < -0.39 is 0 Å². The van der Waals surface area contributed by atoms with E-state index >= 15 is 0 Å². The number of likely N-dealkylation sites (N-methyl/N-ethyl adjacent to an activating group) is 1. The number of nitrogens with zero attached hydrogens (tertiary/aromatic N) is 2. The molecule has 0 radical (unpaired) electrons. The fraction of sp³-hybridized carbons (Fsp3) is 0.136. The summed E-state index contributed by atoms with van der Waals surface area (Å²) >= 11 is 1.54. The summed E-state index contributed by atoms with van der Waals surface area (Å²) in [5, 5.41) is 3.75. The molecule has 7 heteroatoms. The quantitative estimate of drug-likeness (QED) is 0.642. The number of ether oxygens (including phenoxy) is 1. The van der Waals surface area contributed by atoms with E-state index in [9.17, 15) is 9.59 Å². The van der Waals surface area contributed by atoms with Crippen molar-refractivity contribution < 1.29 is 14.3 Å². The number of aromatic nitrogens is 1. The molecule has 1 aromatic heterocycles. The first kappa shape index (κ1) is 20.4. The maximum atomic E-state index is 12.4. The molecular weight excluding hydrogens is 386 g/mol. The molecule has 0 aliphatic carbocycles. The van der Waals surface area contributed by atoms with Gasteiger partial charge in [-0.3, -0.25) is 9.59 Å². The van der Waals surface area contributed by atoms with Crippen LogP contribution in [0.5, 0.6) is 5.75 Å². The van der Waals surface area contributed by atoms with Gasteiger partial charge in [0, 0.05) is 36.4 Å². The van der Waals surface area contributed by atoms with Crippen LogP contribution in [-0.4, -0.2) is 42.4 Å². The first-order valence-electron chi connectivity index (χ1n) is 8.94. The monoisotopic (exact) mass is 407 g/mol. The highest BCUT2D eigenvalue weighted by atomic mass is 32.2. The summed E-state index contributed by atoms with van der Waals surface area (Å²) in [5.74, 6) is 0.247. The Morgan fingerprint density at radius 1 is 1.00 bits per heavy atom. The number of pyridine rings is 1. The van der Waals surface area contributed by atoms with Crippen LogP contribution in [0.15, 0.2) is 82.8 Å². The largest absolute Gasteiger partial charge is 0.484 e. The second-order valence-electron chi connectivity index (χ2n) is 6.35. The summed E-state index contributed by atoms with van der Waals surface area (Å²) in [5.41, 5.74) is 1.21. The van der Waals surface area contributed by atoms with Crippen LogP contribution < -0.4 is 10.1 Å². The molecule has 0 saturated heterocycles. The molecular formula is C22H21N3O3S. The van der Waals surface area contributed by atoms with E-state index in [1.807, 2.05) is 30.3 Å². The van der Waals surface area contributed by atoms with Gasteiger partial charge in [0.05, 0.1) is 0 Å². The lowest BCUT2D eigenvalue weighted by atomic mass is 10.2. The van der Waals surface area contributed by atoms with Gasteiger partial charge in [-0.15, -0.1) is 0 Å². The summed E-state index contributed by atoms with van der Waals surface area (Å²) in [6.45, 7) is -0.0262. The Hall–Kier alpha value is -3.32. The van der Waals surface area contributed by atoms with Crippen molar-refractivity contribution in [3.05, 3.63) is 78.5 Å². The highest BCUT2D eigenvalue weighted by molar-refractivity contribution is 7.99. The summed E-state index contributed by atoms with van der Waals surface area (Å²) in [7, 11) is 3.35. The number of carbonyl (C=O) groups is 2. The lowest BCUT2D eigenvalue weighted by molar-refractivity contribution is -0.130. The predicted molar refractivity (Wildman–Crippen MR) is 113 cm³/mol. The fourth-order valence-corrected chi connectivity index (χ4v) is 3.09. The minimum Gasteiger partial charge on any atom is -0.484 e. The second-order valence-corrected chi connectivity index (χ2v) is 7.44. The summed E-state index contributed by atoms with van der Waals surface area (Å²) < 4.78 is 5.42. The van der Waals surface area contributed by atoms with Gasteiger partial charge in [-0.1, -0.05) is 17.8 Å². The zero-order valence-corrected chi connectivity index (χ0v) is 17.0. The van der Waals surface area contributed by atoms with Crippen LogP contribution in [0.1, 0.15) is 10.4 Å². The van der Waals surface area contributed by atoms with E-state index in [1.54, 1.807) is 56.7 Å². The molecule has 0 aliphatic heterocycles. The zero-order valence-electron chi connectivity index (χ0n) is 16.2. The molecule has 0 fully saturated rings. The van der Waals surface area contributed by atoms with E-state index in [1.165, 1.54) is 16.7 Å². The van der Waals surface area contributed by atoms with Crippen LogP contribution in [0.4, 0.5) is 5.69 Å². The average Bonchev–Trinajstić information content (AvgIpc) is 2.74. The topological polar surface area (TPSA) is 71.5 Å². The van der Waals surface area contributed by atoms with Crippen LogP contribution in [0, 0.1) is 0 Å². The molecule has 2 amide bonds. The standard InChI is InChI=1S/C22H21N3O3S/c1-25(2)21(26)15-28-18-10-8-17(9-11-18)24-22(27)16-6-12-19(13-7-16)29-20-5-3-4-14-23-20/h3-14H,15H2,1-2H3,(H,24,27). The molecule has 3 rings (SSSR count). The van der Waals surface area contributed by atoms with Crippen LogP contribution in [-0.2, 0) is 4.79 Å². The Bertz CT molecular complexity index is 959. The van der Waals surface area contributed by atoms with Gasteiger partial charge in [-0.25, -0.2) is 4.98 Å². The summed E-state index contributed by atoms with van der Waals surface area (Å²) in [6.07, 6.45) is 1.75. The van der Waals surface area contributed by atoms with E-state index in [0.29, 0.717) is 17.0 Å². The number of carbonyl (C=O) groups excluding carboxylic acids is 2. The number of hydrogen-bond acceptors (Lipinski definition) is 5. The van der Waals surface area contributed by atoms with Crippen LogP contribution in [0.25, 0.3) is 0 Å². The minimum absolute atomic E-state index is 0.0262. The third-order valence-corrected chi connectivity index (χ3v) is 4.91. The lowest BCUT2D eigenvalue weighted by Gasteiger charge is -2.12. The number of nitrogens with one attached hydrogen (secondary N) is 1. The van der Waals surface area contributed by atoms with E-state index in [0.717, 1.165) is 9.92 Å². The van der Waals surface area contributed by atoms with Gasteiger partial charge >= 0.3 is 0 Å². The molecule has 0 saturated carbocycles. The Balaban J connectivity index is 1.55. The van der Waals surface area contributed by atoms with Crippen molar-refractivity contribution in [2.24, 2.45) is 0 Å². The van der Waals surface area contributed by atoms with E-state index in [4.69, 9.17) is 4.74 Å². The highest BCUT2D eigenvalue weighted by Gasteiger charge is 2.08. The van der Waals surface area contributed by atoms with Crippen molar-refractivity contribution in [1.82, 2.24) is 9.88 Å². The van der Waals surface area contributed by atoms with Crippen LogP contribution in [0.3, 0.4) is 0 Å². The Morgan fingerprint density at radius 3 is 2.34 bits per heavy atom. The van der Waals surface area contributed by atoms with Crippen molar-refractivity contribution in [3.8, 4) is 5.75 Å². The number of rotatable bonds is 7. The molecule has 0 aliphatic rings. The maximum absolute atomic E-state index is 12.4. The first-order valence-corrected chi connectivity index (χ1v) is 9.76. The Kier molecular flexibility index (Phi) is 6.86. The second kappa shape index (κ2) is 9.75. The number of amides is 2. The Labute approximate surface area is 173 Å². The summed E-state index contributed by atoms with van der Waals surface area (Å²) in [6, 6.07) is 20.0. The SMILES string of the molecule is CN(C)C(=O)COc1ccc(NC(=O)c2ccc(Sc3ccccn3)cc2)cc1. The third kappa shape index (κ3) is 6.08. The van der Waals surface area contributed by atoms with Gasteiger partial charge in [-0.05, 0) is 60.7 Å². The summed E-state index contributed by atoms with van der Waals surface area (Å²) in [4.78, 5) is 30.8. The van der Waals surface area contributed by atoms with Gasteiger partial charge in [0.2, 0.25) is 0 Å². The molecule has 29 heavy (non-hydrogen) atoms. The fourth-order valence-electron chi connectivity index (χ4n) is 2.31. The molecule has 1 heterocycles. The normalized spacial score (nSPS) is 10.3. The first-order chi connectivity index (χ1) is 14.0. The molecule has 6 nitrogen and oxygen atoms in total. The minimum atomic E-state index is -0.198. The van der Waals surface area contributed by atoms with E-state index in [-0.39, 0.29) is 18.4 Å². The van der Waals surface area contributed by atoms with Gasteiger partial charge < -0.3 is 15.0 Å². The molecule has 0 spiro atoms. The number of hydrogen-bond donors (Lipinski definition) is 1. The molecule has 3 aromatic rings. The molecule has 0 unspecified atom stereocenters. The highest BCUT2D eigenvalue weighted by Crippen LogP contribution is 2.26. The van der Waals surface area contributed by atoms with Crippen molar-refractivity contribution >= 4 is 29.3 Å². The predicted octanol–water partition coefficient (Wildman–Crippen LogP) is 3.95. The van der Waals surface area contributed by atoms with Crippen LogP contribution >= 0.6 is 11.8 Å². The van der Waals surface area contributed by atoms with Crippen molar-refractivity contribution in [2.45, 2.75) is 9.92 Å². The molecule has 148 valence electrons. The molecule has 0 atom stereocenters. The smallest absolute Gasteiger partial charge is 0.259 e. The molecule has 0 bridgehead atoms. The Morgan fingerprint density at radius 2 is 1.72 bits per heavy atom. The maximum Gasteiger partial charge on any atom is 0.259 e. The van der Waals surface area contributed by atoms with Crippen LogP contribution in [0.2, 0.25) is 0 Å². The lowest BCUT2D eigenvalue weighted by Crippen LogP contribution is -2.27. The van der Waals surface area contributed by atoms with Gasteiger partial charge in [0.15, 0.2) is 6.61 Å². The van der Waals surface area contributed by atoms with Crippen molar-refractivity contribution in [2.75, 3.05) is 26.0 Å². The zero-order chi connectivity index (χ0) is 20.6. The molecule has 2 aromatic carbocycles. The van der Waals surface area contributed by atoms with Gasteiger partial charge in [0.1, 0.15) is 10.8 Å². The van der Waals surface area contributed by atoms with Crippen molar-refractivity contribution in [1.29, 1.82) is 0 Å². The molecule has 1 N–H and O–H groups in total. The third-order valence-electron chi connectivity index (χ3n) is 3.95. The van der Waals surface area contributed by atoms with E-state index in [2.05, 4.69) is 10.3 Å². The number of anilines is 1. The van der Waals surface area contributed by atoms with Gasteiger partial charge in [-0.2, -0.15) is 0 Å². The van der Waals surface area contributed by atoms with Crippen molar-refractivity contribution in [3.63, 3.8) is 0 Å².